The van der Waals surface area contributed by atoms with Gasteiger partial charge in [-0.25, -0.2) is 0 Å². The molecule has 2 aromatic rings. The van der Waals surface area contributed by atoms with Crippen LogP contribution in [0.4, 0.5) is 0 Å². The van der Waals surface area contributed by atoms with Crippen LogP contribution in [0.15, 0.2) is 64.8 Å². The Morgan fingerprint density at radius 3 is 2.71 bits per heavy atom. The number of thioether (sulfide) groups is 1. The molecule has 1 fully saturated rings. The molecule has 1 heterocycles. The zero-order valence-electron chi connectivity index (χ0n) is 13.2. The van der Waals surface area contributed by atoms with Crippen molar-refractivity contribution in [3.8, 4) is 5.75 Å². The van der Waals surface area contributed by atoms with E-state index < -0.39 is 0 Å². The molecule has 0 bridgehead atoms. The van der Waals surface area contributed by atoms with E-state index >= 15 is 0 Å². The highest BCUT2D eigenvalue weighted by atomic mass is 32.2. The van der Waals surface area contributed by atoms with E-state index in [9.17, 15) is 4.79 Å². The summed E-state index contributed by atoms with van der Waals surface area (Å²) in [6.45, 7) is 0. The SMILES string of the molecule is COc1ccccc1/C=N/N=C1/NC(=O)[C@@H](Cc2ccccc2)S1. The van der Waals surface area contributed by atoms with Crippen molar-refractivity contribution in [2.75, 3.05) is 7.11 Å². The smallest absolute Gasteiger partial charge is 0.239 e. The summed E-state index contributed by atoms with van der Waals surface area (Å²) in [6, 6.07) is 17.5. The second-order valence-electron chi connectivity index (χ2n) is 5.18. The first-order valence-electron chi connectivity index (χ1n) is 7.52. The molecule has 0 aromatic heterocycles. The molecule has 0 aliphatic carbocycles. The average Bonchev–Trinajstić information content (AvgIpc) is 2.96. The first-order chi connectivity index (χ1) is 11.8. The van der Waals surface area contributed by atoms with E-state index in [1.165, 1.54) is 11.8 Å². The van der Waals surface area contributed by atoms with Crippen molar-refractivity contribution < 1.29 is 9.53 Å². The second kappa shape index (κ2) is 7.79. The average molecular weight is 339 g/mol. The Hall–Kier alpha value is -2.60. The van der Waals surface area contributed by atoms with Gasteiger partial charge in [-0.1, -0.05) is 54.2 Å². The number of benzene rings is 2. The van der Waals surface area contributed by atoms with Gasteiger partial charge in [0.2, 0.25) is 5.91 Å². The van der Waals surface area contributed by atoms with Gasteiger partial charge >= 0.3 is 0 Å². The summed E-state index contributed by atoms with van der Waals surface area (Å²) in [7, 11) is 1.61. The zero-order chi connectivity index (χ0) is 16.8. The predicted octanol–water partition coefficient (Wildman–Crippen LogP) is 2.86. The van der Waals surface area contributed by atoms with Crippen LogP contribution >= 0.6 is 11.8 Å². The molecule has 0 saturated carbocycles. The van der Waals surface area contributed by atoms with Gasteiger partial charge in [-0.3, -0.25) is 4.79 Å². The Kier molecular flexibility index (Phi) is 5.28. The van der Waals surface area contributed by atoms with Crippen LogP contribution in [0.25, 0.3) is 0 Å². The lowest BCUT2D eigenvalue weighted by atomic mass is 10.1. The zero-order valence-corrected chi connectivity index (χ0v) is 14.0. The van der Waals surface area contributed by atoms with Gasteiger partial charge in [0.15, 0.2) is 5.17 Å². The molecule has 0 unspecified atom stereocenters. The number of amidine groups is 1. The number of amides is 1. The van der Waals surface area contributed by atoms with Gasteiger partial charge in [0, 0.05) is 5.56 Å². The molecule has 1 amide bonds. The highest BCUT2D eigenvalue weighted by Gasteiger charge is 2.30. The molecule has 0 spiro atoms. The summed E-state index contributed by atoms with van der Waals surface area (Å²) in [5, 5.41) is 11.3. The van der Waals surface area contributed by atoms with E-state index in [1.54, 1.807) is 13.3 Å². The third-order valence-corrected chi connectivity index (χ3v) is 4.60. The van der Waals surface area contributed by atoms with Gasteiger partial charge in [0.25, 0.3) is 0 Å². The van der Waals surface area contributed by atoms with Crippen LogP contribution in [0.1, 0.15) is 11.1 Å². The summed E-state index contributed by atoms with van der Waals surface area (Å²) in [4.78, 5) is 12.0. The summed E-state index contributed by atoms with van der Waals surface area (Å²) in [5.41, 5.74) is 1.96. The quantitative estimate of drug-likeness (QED) is 0.673. The molecule has 1 saturated heterocycles. The van der Waals surface area contributed by atoms with Gasteiger partial charge < -0.3 is 10.1 Å². The number of para-hydroxylation sites is 1. The van der Waals surface area contributed by atoms with Gasteiger partial charge in [-0.2, -0.15) is 5.10 Å². The summed E-state index contributed by atoms with van der Waals surface area (Å²) >= 11 is 1.40. The number of nitrogens with one attached hydrogen (secondary N) is 1. The van der Waals surface area contributed by atoms with Crippen LogP contribution in [-0.2, 0) is 11.2 Å². The monoisotopic (exact) mass is 339 g/mol. The highest BCUT2D eigenvalue weighted by molar-refractivity contribution is 8.15. The Morgan fingerprint density at radius 1 is 1.17 bits per heavy atom. The van der Waals surface area contributed by atoms with Crippen molar-refractivity contribution in [1.82, 2.24) is 5.32 Å². The number of carbonyl (C=O) groups excluding carboxylic acids is 1. The van der Waals surface area contributed by atoms with Crippen LogP contribution in [0.2, 0.25) is 0 Å². The summed E-state index contributed by atoms with van der Waals surface area (Å²) < 4.78 is 5.25. The van der Waals surface area contributed by atoms with Crippen LogP contribution < -0.4 is 10.1 Å². The molecule has 5 nitrogen and oxygen atoms in total. The van der Waals surface area contributed by atoms with E-state index in [4.69, 9.17) is 4.74 Å². The largest absolute Gasteiger partial charge is 0.496 e. The number of hydrogen-bond acceptors (Lipinski definition) is 5. The fraction of sp³-hybridized carbons (Fsp3) is 0.167. The molecule has 24 heavy (non-hydrogen) atoms. The number of nitrogens with zero attached hydrogens (tertiary/aromatic N) is 2. The van der Waals surface area contributed by atoms with E-state index in [-0.39, 0.29) is 11.2 Å². The molecular formula is C18H17N3O2S. The van der Waals surface area contributed by atoms with Crippen molar-refractivity contribution in [2.24, 2.45) is 10.2 Å². The number of hydrogen-bond donors (Lipinski definition) is 1. The summed E-state index contributed by atoms with van der Waals surface area (Å²) in [5.74, 6) is 0.696. The Morgan fingerprint density at radius 2 is 1.92 bits per heavy atom. The molecule has 1 aliphatic heterocycles. The molecular weight excluding hydrogens is 322 g/mol. The first-order valence-corrected chi connectivity index (χ1v) is 8.39. The fourth-order valence-electron chi connectivity index (χ4n) is 2.33. The topological polar surface area (TPSA) is 63.1 Å². The molecule has 0 radical (unpaired) electrons. The van der Waals surface area contributed by atoms with Crippen LogP contribution in [0, 0.1) is 0 Å². The van der Waals surface area contributed by atoms with Gasteiger partial charge in [0.05, 0.1) is 18.6 Å². The molecule has 122 valence electrons. The Balaban J connectivity index is 1.65. The Labute approximate surface area is 144 Å². The predicted molar refractivity (Wildman–Crippen MR) is 97.7 cm³/mol. The minimum absolute atomic E-state index is 0.0323. The lowest BCUT2D eigenvalue weighted by Crippen LogP contribution is -2.25. The van der Waals surface area contributed by atoms with Crippen LogP contribution in [0.3, 0.4) is 0 Å². The van der Waals surface area contributed by atoms with Crippen LogP contribution in [0.5, 0.6) is 5.75 Å². The van der Waals surface area contributed by atoms with E-state index in [0.29, 0.717) is 11.6 Å². The molecule has 1 N–H and O–H groups in total. The molecule has 3 rings (SSSR count). The van der Waals surface area contributed by atoms with E-state index in [2.05, 4.69) is 15.5 Å². The lowest BCUT2D eigenvalue weighted by molar-refractivity contribution is -0.118. The fourth-order valence-corrected chi connectivity index (χ4v) is 3.30. The lowest BCUT2D eigenvalue weighted by Gasteiger charge is -2.04. The van der Waals surface area contributed by atoms with Crippen molar-refractivity contribution in [3.63, 3.8) is 0 Å². The normalized spacial score (nSPS) is 19.0. The first kappa shape index (κ1) is 16.3. The minimum atomic E-state index is -0.174. The minimum Gasteiger partial charge on any atom is -0.496 e. The van der Waals surface area contributed by atoms with E-state index in [1.807, 2.05) is 54.6 Å². The van der Waals surface area contributed by atoms with E-state index in [0.717, 1.165) is 16.9 Å². The number of methoxy groups -OCH3 is 1. The van der Waals surface area contributed by atoms with Crippen molar-refractivity contribution in [2.45, 2.75) is 11.7 Å². The van der Waals surface area contributed by atoms with Crippen molar-refractivity contribution in [1.29, 1.82) is 0 Å². The molecule has 6 heteroatoms. The van der Waals surface area contributed by atoms with Gasteiger partial charge in [-0.15, -0.1) is 5.10 Å². The molecule has 1 aliphatic rings. The number of ether oxygens (including phenoxy) is 1. The van der Waals surface area contributed by atoms with Gasteiger partial charge in [-0.05, 0) is 24.1 Å². The number of rotatable bonds is 5. The second-order valence-corrected chi connectivity index (χ2v) is 6.37. The Bertz CT molecular complexity index is 775. The van der Waals surface area contributed by atoms with Gasteiger partial charge in [0.1, 0.15) is 5.75 Å². The molecule has 2 aromatic carbocycles. The maximum absolute atomic E-state index is 12.0. The maximum atomic E-state index is 12.0. The number of carbonyl (C=O) groups is 1. The van der Waals surface area contributed by atoms with Crippen molar-refractivity contribution >= 4 is 29.1 Å². The maximum Gasteiger partial charge on any atom is 0.239 e. The third kappa shape index (κ3) is 4.02. The van der Waals surface area contributed by atoms with Crippen LogP contribution in [-0.4, -0.2) is 29.6 Å². The van der Waals surface area contributed by atoms with Crippen molar-refractivity contribution in [3.05, 3.63) is 65.7 Å². The third-order valence-electron chi connectivity index (χ3n) is 3.52. The highest BCUT2D eigenvalue weighted by Crippen LogP contribution is 2.23. The molecule has 1 atom stereocenters. The summed E-state index contributed by atoms with van der Waals surface area (Å²) in [6.07, 6.45) is 2.29. The standard InChI is InChI=1S/C18H17N3O2S/c1-23-15-10-6-5-9-14(15)12-19-21-18-20-17(22)16(24-18)11-13-7-3-2-4-8-13/h2-10,12,16H,11H2,1H3,(H,20,21,22)/b19-12+/t16-/m1/s1.